The molecule has 2 N–H and O–H groups in total. The van der Waals surface area contributed by atoms with Gasteiger partial charge in [-0.25, -0.2) is 19.0 Å². The van der Waals surface area contributed by atoms with Crippen LogP contribution in [-0.2, 0) is 21.3 Å². The van der Waals surface area contributed by atoms with Crippen molar-refractivity contribution in [2.45, 2.75) is 36.3 Å². The molecule has 15 heteroatoms. The van der Waals surface area contributed by atoms with Crippen molar-refractivity contribution in [3.63, 3.8) is 0 Å². The Morgan fingerprint density at radius 3 is 2.54 bits per heavy atom. The summed E-state index contributed by atoms with van der Waals surface area (Å²) >= 11 is 0. The highest BCUT2D eigenvalue weighted by Crippen LogP contribution is 2.46. The van der Waals surface area contributed by atoms with E-state index in [1.165, 1.54) is 24.3 Å². The van der Waals surface area contributed by atoms with E-state index in [0.29, 0.717) is 12.8 Å². The molecule has 1 aromatic carbocycles. The molecule has 1 aliphatic rings. The lowest BCUT2D eigenvalue weighted by atomic mass is 10.1. The number of anilines is 1. The van der Waals surface area contributed by atoms with Crippen LogP contribution in [0, 0.1) is 29.0 Å². The largest absolute Gasteiger partial charge is 0.435 e. The maximum Gasteiger partial charge on any atom is 0.435 e. The van der Waals surface area contributed by atoms with Crippen LogP contribution in [-0.4, -0.2) is 36.5 Å². The first-order valence-electron chi connectivity index (χ1n) is 10.5. The van der Waals surface area contributed by atoms with E-state index in [1.807, 2.05) is 6.07 Å². The van der Waals surface area contributed by atoms with Gasteiger partial charge in [0.25, 0.3) is 23.6 Å². The molecule has 2 heterocycles. The molecule has 1 amide bonds. The van der Waals surface area contributed by atoms with E-state index in [-0.39, 0.29) is 16.3 Å². The minimum Gasteiger partial charge on any atom is -0.414 e. The second-order valence-corrected chi connectivity index (χ2v) is 10.5. The molecule has 2 aromatic heterocycles. The molecular formula is C22H17F4N7O3S. The second kappa shape index (κ2) is 9.04. The number of amides is 1. The van der Waals surface area contributed by atoms with Crippen molar-refractivity contribution in [1.82, 2.24) is 20.2 Å². The quantitative estimate of drug-likeness (QED) is 0.441. The fraction of sp³-hybridized carbons (Fsp3) is 0.273. The number of nitriles is 1. The summed E-state index contributed by atoms with van der Waals surface area (Å²) in [5, 5.41) is 18.0. The number of halogens is 4. The number of ether oxygens (including phenoxy) is 1. The third kappa shape index (κ3) is 5.19. The van der Waals surface area contributed by atoms with Gasteiger partial charge in [0, 0.05) is 16.8 Å². The molecule has 0 saturated heterocycles. The number of alkyl halides is 3. The number of hydrogen-bond acceptors (Lipinski definition) is 9. The van der Waals surface area contributed by atoms with Gasteiger partial charge in [-0.05, 0) is 43.5 Å². The first-order chi connectivity index (χ1) is 17.2. The molecule has 192 valence electrons. The van der Waals surface area contributed by atoms with E-state index in [1.54, 1.807) is 0 Å². The third-order valence-corrected chi connectivity index (χ3v) is 6.72. The molecule has 3 aromatic rings. The Hall–Kier alpha value is -4.19. The Kier molecular flexibility index (Phi) is 6.32. The number of aromatic nitrogens is 4. The second-order valence-electron chi connectivity index (χ2n) is 8.32. The molecule has 0 spiro atoms. The Labute approximate surface area is 207 Å². The predicted molar refractivity (Wildman–Crippen MR) is 120 cm³/mol. The lowest BCUT2D eigenvalue weighted by molar-refractivity contribution is -0.142. The van der Waals surface area contributed by atoms with Gasteiger partial charge >= 0.3 is 6.18 Å². The molecule has 0 aliphatic heterocycles. The van der Waals surface area contributed by atoms with E-state index in [9.17, 15) is 31.8 Å². The van der Waals surface area contributed by atoms with Gasteiger partial charge in [-0.3, -0.25) is 4.79 Å². The van der Waals surface area contributed by atoms with Crippen molar-refractivity contribution in [2.24, 2.45) is 0 Å². The number of carbonyl (C=O) groups is 1. The first kappa shape index (κ1) is 25.9. The Morgan fingerprint density at radius 1 is 1.27 bits per heavy atom. The van der Waals surface area contributed by atoms with Crippen LogP contribution >= 0.6 is 0 Å². The van der Waals surface area contributed by atoms with E-state index in [2.05, 4.69) is 25.5 Å². The lowest BCUT2D eigenvalue weighted by Gasteiger charge is -2.16. The summed E-state index contributed by atoms with van der Waals surface area (Å²) in [6.45, 7) is 0.966. The highest BCUT2D eigenvalue weighted by atomic mass is 32.2. The third-order valence-electron chi connectivity index (χ3n) is 5.57. The van der Waals surface area contributed by atoms with Gasteiger partial charge in [0.05, 0.1) is 27.7 Å². The molecule has 10 nitrogen and oxygen atoms in total. The molecule has 1 atom stereocenters. The van der Waals surface area contributed by atoms with Gasteiger partial charge in [0.15, 0.2) is 5.69 Å². The zero-order valence-corrected chi connectivity index (χ0v) is 20.0. The predicted octanol–water partition coefficient (Wildman–Crippen LogP) is 4.37. The van der Waals surface area contributed by atoms with Crippen LogP contribution in [0.15, 0.2) is 35.4 Å². The van der Waals surface area contributed by atoms with Gasteiger partial charge in [-0.15, -0.1) is 10.2 Å². The summed E-state index contributed by atoms with van der Waals surface area (Å²) in [5.41, 5.74) is -3.67. The van der Waals surface area contributed by atoms with Crippen LogP contribution in [0.25, 0.3) is 0 Å². The van der Waals surface area contributed by atoms with Crippen molar-refractivity contribution in [3.05, 3.63) is 58.9 Å². The van der Waals surface area contributed by atoms with Crippen LogP contribution in [0.2, 0.25) is 0 Å². The van der Waals surface area contributed by atoms with Crippen molar-refractivity contribution in [2.75, 3.05) is 11.6 Å². The van der Waals surface area contributed by atoms with Gasteiger partial charge in [0.2, 0.25) is 0 Å². The molecule has 1 saturated carbocycles. The van der Waals surface area contributed by atoms with E-state index < -0.39 is 61.8 Å². The zero-order valence-electron chi connectivity index (χ0n) is 19.2. The van der Waals surface area contributed by atoms with Crippen LogP contribution < -0.4 is 10.1 Å². The molecule has 37 heavy (non-hydrogen) atoms. The monoisotopic (exact) mass is 535 g/mol. The molecule has 0 bridgehead atoms. The Balaban J connectivity index is 1.74. The fourth-order valence-electron chi connectivity index (χ4n) is 3.41. The summed E-state index contributed by atoms with van der Waals surface area (Å²) in [5.74, 6) is -3.95. The molecule has 1 fully saturated rings. The number of rotatable bonds is 6. The molecule has 0 radical (unpaired) electrons. The normalized spacial score (nSPS) is 15.8. The Bertz CT molecular complexity index is 1570. The smallest absolute Gasteiger partial charge is 0.414 e. The highest BCUT2D eigenvalue weighted by Gasteiger charge is 2.47. The van der Waals surface area contributed by atoms with Gasteiger partial charge in [0.1, 0.15) is 11.0 Å². The number of benzene rings is 1. The molecule has 1 aliphatic carbocycles. The zero-order chi connectivity index (χ0) is 27.2. The average molecular weight is 535 g/mol. The number of nitrogens with zero attached hydrogens (tertiary/aromatic N) is 5. The van der Waals surface area contributed by atoms with E-state index >= 15 is 0 Å². The van der Waals surface area contributed by atoms with Crippen molar-refractivity contribution in [1.29, 1.82) is 10.0 Å². The van der Waals surface area contributed by atoms with Crippen molar-refractivity contribution >= 4 is 21.3 Å². The van der Waals surface area contributed by atoms with Crippen molar-refractivity contribution in [3.8, 4) is 17.8 Å². The Morgan fingerprint density at radius 2 is 1.97 bits per heavy atom. The van der Waals surface area contributed by atoms with Crippen molar-refractivity contribution < 1.29 is 31.3 Å². The molecule has 1 unspecified atom stereocenters. The van der Waals surface area contributed by atoms with Gasteiger partial charge in [-0.2, -0.15) is 22.8 Å². The summed E-state index contributed by atoms with van der Waals surface area (Å²) < 4.78 is 80.1. The van der Waals surface area contributed by atoms with Crippen LogP contribution in [0.5, 0.6) is 11.8 Å². The SMILES string of the molecule is Cc1c(C(F)(F)F)nnc(Oc2ncc(C3(C#N)CC3)nc2F)c1C(=O)Nc1cccc(S(C)(=N)=O)c1. The lowest BCUT2D eigenvalue weighted by Crippen LogP contribution is -2.21. The maximum atomic E-state index is 14.7. The summed E-state index contributed by atoms with van der Waals surface area (Å²) in [6, 6.07) is 7.43. The minimum atomic E-state index is -4.97. The van der Waals surface area contributed by atoms with Crippen LogP contribution in [0.1, 0.15) is 40.2 Å². The van der Waals surface area contributed by atoms with E-state index in [4.69, 9.17) is 9.52 Å². The van der Waals surface area contributed by atoms with E-state index in [0.717, 1.165) is 19.4 Å². The number of hydrogen-bond donors (Lipinski definition) is 2. The molecule has 4 rings (SSSR count). The standard InChI is InChI=1S/C22H17F4N7O3S/c1-11-15(18(34)30-12-4-3-5-13(8-12)37(2,28)35)19(33-32-16(11)22(24,25)26)36-20-17(23)31-14(9-29-20)21(10-27)6-7-21/h3-5,8-9,28H,6-7H2,1-2H3,(H,30,34). The highest BCUT2D eigenvalue weighted by molar-refractivity contribution is 7.91. The van der Waals surface area contributed by atoms with Crippen LogP contribution in [0.4, 0.5) is 23.2 Å². The van der Waals surface area contributed by atoms with Gasteiger partial charge < -0.3 is 10.1 Å². The van der Waals surface area contributed by atoms with Crippen LogP contribution in [0.3, 0.4) is 0 Å². The van der Waals surface area contributed by atoms with Gasteiger partial charge in [-0.1, -0.05) is 6.07 Å². The number of nitrogens with one attached hydrogen (secondary N) is 2. The minimum absolute atomic E-state index is 0.0293. The fourth-order valence-corrected chi connectivity index (χ4v) is 4.10. The maximum absolute atomic E-state index is 14.7. The molecular weight excluding hydrogens is 518 g/mol. The summed E-state index contributed by atoms with van der Waals surface area (Å²) in [6.07, 6.45) is -1.76. The summed E-state index contributed by atoms with van der Waals surface area (Å²) in [4.78, 5) is 20.6. The first-order valence-corrected chi connectivity index (χ1v) is 12.4. The topological polar surface area (TPSA) is 155 Å². The summed E-state index contributed by atoms with van der Waals surface area (Å²) in [7, 11) is -3.15. The number of carbonyl (C=O) groups excluding carboxylic acids is 1. The average Bonchev–Trinajstić information content (AvgIpc) is 3.60.